The number of rotatable bonds is 3. The van der Waals surface area contributed by atoms with E-state index in [9.17, 15) is 14.7 Å². The number of carboxylic acid groups (broad SMARTS) is 1. The van der Waals surface area contributed by atoms with E-state index in [0.29, 0.717) is 30.6 Å². The predicted octanol–water partition coefficient (Wildman–Crippen LogP) is 5.09. The van der Waals surface area contributed by atoms with Crippen LogP contribution < -0.4 is 4.90 Å². The van der Waals surface area contributed by atoms with Crippen LogP contribution in [0, 0.1) is 0 Å². The summed E-state index contributed by atoms with van der Waals surface area (Å²) in [5, 5.41) is 9.46. The van der Waals surface area contributed by atoms with E-state index in [4.69, 9.17) is 4.74 Å². The molecule has 3 aromatic carbocycles. The van der Waals surface area contributed by atoms with Crippen molar-refractivity contribution in [2.45, 2.75) is 18.8 Å². The van der Waals surface area contributed by atoms with E-state index in [-0.39, 0.29) is 18.1 Å². The fourth-order valence-electron chi connectivity index (χ4n) is 4.69. The molecular formula is C25H21NO4. The highest BCUT2D eigenvalue weighted by atomic mass is 16.6. The molecule has 1 amide bonds. The molecule has 0 fully saturated rings. The molecule has 5 rings (SSSR count). The molecule has 0 atom stereocenters. The third-order valence-corrected chi connectivity index (χ3v) is 6.04. The van der Waals surface area contributed by atoms with Crippen molar-refractivity contribution in [2.24, 2.45) is 0 Å². The van der Waals surface area contributed by atoms with Gasteiger partial charge in [-0.25, -0.2) is 9.59 Å². The van der Waals surface area contributed by atoms with Crippen molar-refractivity contribution in [1.82, 2.24) is 0 Å². The lowest BCUT2D eigenvalue weighted by molar-refractivity contribution is 0.0695. The maximum Gasteiger partial charge on any atom is 0.414 e. The van der Waals surface area contributed by atoms with Crippen molar-refractivity contribution in [3.8, 4) is 11.1 Å². The van der Waals surface area contributed by atoms with Crippen molar-refractivity contribution in [2.75, 3.05) is 18.1 Å². The van der Waals surface area contributed by atoms with Gasteiger partial charge >= 0.3 is 12.1 Å². The Bertz CT molecular complexity index is 1110. The highest BCUT2D eigenvalue weighted by Crippen LogP contribution is 2.44. The lowest BCUT2D eigenvalue weighted by Crippen LogP contribution is -2.37. The minimum Gasteiger partial charge on any atom is -0.478 e. The van der Waals surface area contributed by atoms with Crippen LogP contribution in [0.3, 0.4) is 0 Å². The summed E-state index contributed by atoms with van der Waals surface area (Å²) < 4.78 is 5.78. The Morgan fingerprint density at radius 1 is 0.933 bits per heavy atom. The van der Waals surface area contributed by atoms with Gasteiger partial charge in [-0.3, -0.25) is 4.90 Å². The lowest BCUT2D eigenvalue weighted by Gasteiger charge is -2.30. The van der Waals surface area contributed by atoms with Crippen molar-refractivity contribution < 1.29 is 19.4 Å². The Labute approximate surface area is 174 Å². The molecule has 1 heterocycles. The highest BCUT2D eigenvalue weighted by Gasteiger charge is 2.31. The van der Waals surface area contributed by atoms with Gasteiger partial charge in [0.05, 0.1) is 11.3 Å². The van der Waals surface area contributed by atoms with Gasteiger partial charge in [0.2, 0.25) is 0 Å². The second kappa shape index (κ2) is 7.34. The summed E-state index contributed by atoms with van der Waals surface area (Å²) in [5.74, 6) is -0.975. The number of hydrogen-bond acceptors (Lipinski definition) is 3. The van der Waals surface area contributed by atoms with E-state index in [1.165, 1.54) is 22.3 Å². The lowest BCUT2D eigenvalue weighted by atomic mass is 9.96. The van der Waals surface area contributed by atoms with Gasteiger partial charge in [-0.1, -0.05) is 54.6 Å². The standard InChI is InChI=1S/C25H21NO4/c27-24(28)21-11-5-13-23-20(21)12-6-14-26(23)25(29)30-15-22-18-9-3-1-7-16(18)17-8-2-4-10-19(17)22/h1-5,7-11,13,22H,6,12,14-15H2,(H,27,28). The molecular weight excluding hydrogens is 378 g/mol. The van der Waals surface area contributed by atoms with Crippen LogP contribution >= 0.6 is 0 Å². The Morgan fingerprint density at radius 3 is 2.27 bits per heavy atom. The first-order valence-electron chi connectivity index (χ1n) is 10.1. The number of benzene rings is 3. The second-order valence-corrected chi connectivity index (χ2v) is 7.67. The SMILES string of the molecule is O=C(O)c1cccc2c1CCCN2C(=O)OCC1c2ccccc2-c2ccccc21. The summed E-state index contributed by atoms with van der Waals surface area (Å²) in [7, 11) is 0. The van der Waals surface area contributed by atoms with Gasteiger partial charge in [0, 0.05) is 12.5 Å². The molecule has 2 aliphatic rings. The van der Waals surface area contributed by atoms with E-state index in [1.54, 1.807) is 23.1 Å². The molecule has 0 spiro atoms. The molecule has 30 heavy (non-hydrogen) atoms. The number of amides is 1. The number of carbonyl (C=O) groups is 2. The van der Waals surface area contributed by atoms with Gasteiger partial charge in [-0.15, -0.1) is 0 Å². The number of anilines is 1. The minimum atomic E-state index is -0.971. The molecule has 3 aromatic rings. The van der Waals surface area contributed by atoms with Gasteiger partial charge in [0.25, 0.3) is 0 Å². The summed E-state index contributed by atoms with van der Waals surface area (Å²) in [4.78, 5) is 26.1. The van der Waals surface area contributed by atoms with Crippen LogP contribution in [0.15, 0.2) is 66.7 Å². The van der Waals surface area contributed by atoms with E-state index >= 15 is 0 Å². The van der Waals surface area contributed by atoms with Crippen molar-refractivity contribution in [3.05, 3.63) is 89.0 Å². The number of hydrogen-bond donors (Lipinski definition) is 1. The quantitative estimate of drug-likeness (QED) is 0.666. The zero-order valence-corrected chi connectivity index (χ0v) is 16.4. The summed E-state index contributed by atoms with van der Waals surface area (Å²) in [6.45, 7) is 0.768. The normalized spacial score (nSPS) is 14.6. The smallest absolute Gasteiger partial charge is 0.414 e. The fourth-order valence-corrected chi connectivity index (χ4v) is 4.69. The minimum absolute atomic E-state index is 0.00374. The molecule has 0 radical (unpaired) electrons. The van der Waals surface area contributed by atoms with Crippen LogP contribution in [0.2, 0.25) is 0 Å². The Balaban J connectivity index is 1.40. The molecule has 1 aliphatic carbocycles. The number of ether oxygens (including phenoxy) is 1. The largest absolute Gasteiger partial charge is 0.478 e. The topological polar surface area (TPSA) is 66.8 Å². The van der Waals surface area contributed by atoms with Crippen molar-refractivity contribution >= 4 is 17.7 Å². The van der Waals surface area contributed by atoms with Crippen molar-refractivity contribution in [1.29, 1.82) is 0 Å². The second-order valence-electron chi connectivity index (χ2n) is 7.67. The molecule has 0 saturated heterocycles. The molecule has 150 valence electrons. The van der Waals surface area contributed by atoms with E-state index in [1.807, 2.05) is 24.3 Å². The number of carbonyl (C=O) groups excluding carboxylic acids is 1. The highest BCUT2D eigenvalue weighted by molar-refractivity contribution is 5.96. The summed E-state index contributed by atoms with van der Waals surface area (Å²) in [5.41, 5.74) is 6.29. The van der Waals surface area contributed by atoms with Crippen LogP contribution in [0.5, 0.6) is 0 Å². The van der Waals surface area contributed by atoms with Crippen LogP contribution in [-0.2, 0) is 11.2 Å². The Morgan fingerprint density at radius 2 is 1.60 bits per heavy atom. The molecule has 1 N–H and O–H groups in total. The molecule has 5 heteroatoms. The molecule has 0 unspecified atom stereocenters. The monoisotopic (exact) mass is 399 g/mol. The first-order chi connectivity index (χ1) is 14.6. The maximum absolute atomic E-state index is 13.0. The third kappa shape index (κ3) is 2.94. The molecule has 0 saturated carbocycles. The van der Waals surface area contributed by atoms with Crippen molar-refractivity contribution in [3.63, 3.8) is 0 Å². The first kappa shape index (κ1) is 18.4. The summed E-state index contributed by atoms with van der Waals surface area (Å²) >= 11 is 0. The van der Waals surface area contributed by atoms with Gasteiger partial charge in [0.15, 0.2) is 0 Å². The zero-order chi connectivity index (χ0) is 20.7. The maximum atomic E-state index is 13.0. The van der Waals surface area contributed by atoms with Gasteiger partial charge in [-0.05, 0) is 52.8 Å². The average Bonchev–Trinajstić information content (AvgIpc) is 3.10. The summed E-state index contributed by atoms with van der Waals surface area (Å²) in [6, 6.07) is 21.5. The molecule has 1 aliphatic heterocycles. The first-order valence-corrected chi connectivity index (χ1v) is 10.1. The Kier molecular flexibility index (Phi) is 4.51. The van der Waals surface area contributed by atoms with Gasteiger partial charge in [0.1, 0.15) is 6.61 Å². The van der Waals surface area contributed by atoms with Crippen LogP contribution in [0.25, 0.3) is 11.1 Å². The van der Waals surface area contributed by atoms with Gasteiger partial charge in [-0.2, -0.15) is 0 Å². The molecule has 5 nitrogen and oxygen atoms in total. The van der Waals surface area contributed by atoms with Crippen LogP contribution in [0.1, 0.15) is 39.4 Å². The van der Waals surface area contributed by atoms with Crippen LogP contribution in [0.4, 0.5) is 10.5 Å². The Hall–Kier alpha value is -3.60. The van der Waals surface area contributed by atoms with E-state index < -0.39 is 12.1 Å². The van der Waals surface area contributed by atoms with Gasteiger partial charge < -0.3 is 9.84 Å². The fraction of sp³-hybridized carbons (Fsp3) is 0.200. The number of carboxylic acids is 1. The third-order valence-electron chi connectivity index (χ3n) is 6.04. The number of aromatic carboxylic acids is 1. The summed E-state index contributed by atoms with van der Waals surface area (Å²) in [6.07, 6.45) is 0.923. The van der Waals surface area contributed by atoms with E-state index in [0.717, 1.165) is 0 Å². The average molecular weight is 399 g/mol. The van der Waals surface area contributed by atoms with Crippen LogP contribution in [-0.4, -0.2) is 30.3 Å². The van der Waals surface area contributed by atoms with E-state index in [2.05, 4.69) is 24.3 Å². The number of nitrogens with zero attached hydrogens (tertiary/aromatic N) is 1. The number of fused-ring (bicyclic) bond motifs is 4. The zero-order valence-electron chi connectivity index (χ0n) is 16.4. The molecule has 0 aromatic heterocycles. The molecule has 0 bridgehead atoms. The predicted molar refractivity (Wildman–Crippen MR) is 114 cm³/mol.